The van der Waals surface area contributed by atoms with Gasteiger partial charge in [0.2, 0.25) is 0 Å². The maximum Gasteiger partial charge on any atom is 0.0530 e. The minimum atomic E-state index is -0.968. The van der Waals surface area contributed by atoms with Crippen LogP contribution in [0.4, 0.5) is 0 Å². The summed E-state index contributed by atoms with van der Waals surface area (Å²) in [6.07, 6.45) is 0. The predicted octanol–water partition coefficient (Wildman–Crippen LogP) is 4.15. The minimum Gasteiger partial charge on any atom is -0.0690 e. The predicted molar refractivity (Wildman–Crippen MR) is 56.8 cm³/mol. The Kier molecular flexibility index (Phi) is 3.37. The first-order valence-electron chi connectivity index (χ1n) is 4.75. The van der Waals surface area contributed by atoms with Crippen LogP contribution < -0.4 is 0 Å². The maximum atomic E-state index is 2.51. The van der Waals surface area contributed by atoms with Gasteiger partial charge in [-0.15, -0.1) is 0 Å². The van der Waals surface area contributed by atoms with Crippen molar-refractivity contribution in [2.45, 2.75) is 58.8 Å². The van der Waals surface area contributed by atoms with Crippen molar-refractivity contribution in [3.8, 4) is 0 Å². The Morgan fingerprint density at radius 2 is 1.55 bits per heavy atom. The second-order valence-corrected chi connectivity index (χ2v) is 10.9. The molecule has 0 aromatic heterocycles. The number of rotatable bonds is 3. The first kappa shape index (κ1) is 11.2. The molecule has 0 radical (unpaired) electrons. The lowest BCUT2D eigenvalue weighted by Gasteiger charge is -2.43. The van der Waals surface area contributed by atoms with E-state index >= 15 is 0 Å². The van der Waals surface area contributed by atoms with Crippen LogP contribution in [0.5, 0.6) is 0 Å². The van der Waals surface area contributed by atoms with Crippen LogP contribution in [0.1, 0.15) is 34.6 Å². The van der Waals surface area contributed by atoms with Gasteiger partial charge in [0.25, 0.3) is 0 Å². The van der Waals surface area contributed by atoms with Crippen LogP contribution >= 0.6 is 0 Å². The Morgan fingerprint density at radius 3 is 1.64 bits per heavy atom. The van der Waals surface area contributed by atoms with Gasteiger partial charge in [-0.3, -0.25) is 0 Å². The first-order valence-corrected chi connectivity index (χ1v) is 7.96. The van der Waals surface area contributed by atoms with Crippen molar-refractivity contribution in [3.05, 3.63) is 0 Å². The van der Waals surface area contributed by atoms with E-state index in [9.17, 15) is 0 Å². The van der Waals surface area contributed by atoms with Crippen LogP contribution in [-0.4, -0.2) is 8.07 Å². The normalized spacial score (nSPS) is 14.2. The van der Waals surface area contributed by atoms with E-state index < -0.39 is 8.07 Å². The van der Waals surface area contributed by atoms with Crippen molar-refractivity contribution in [3.63, 3.8) is 0 Å². The minimum absolute atomic E-state index is 0.585. The molecule has 0 bridgehead atoms. The average Bonchev–Trinajstić information content (AvgIpc) is 1.87. The van der Waals surface area contributed by atoms with Gasteiger partial charge in [0.05, 0.1) is 8.07 Å². The second kappa shape index (κ2) is 3.30. The molecule has 0 aromatic rings. The summed E-state index contributed by atoms with van der Waals surface area (Å²) in [6, 6.07) is 1.40. The fourth-order valence-electron chi connectivity index (χ4n) is 1.24. The van der Waals surface area contributed by atoms with Gasteiger partial charge in [-0.25, -0.2) is 0 Å². The van der Waals surface area contributed by atoms with E-state index in [0.717, 1.165) is 5.92 Å². The van der Waals surface area contributed by atoms with Gasteiger partial charge >= 0.3 is 0 Å². The van der Waals surface area contributed by atoms with Gasteiger partial charge in [-0.05, 0) is 11.0 Å². The lowest BCUT2D eigenvalue weighted by Crippen LogP contribution is -2.41. The van der Waals surface area contributed by atoms with Gasteiger partial charge < -0.3 is 0 Å². The van der Waals surface area contributed by atoms with Crippen molar-refractivity contribution in [2.75, 3.05) is 0 Å². The Bertz CT molecular complexity index is 123. The monoisotopic (exact) mass is 172 g/mol. The summed E-state index contributed by atoms with van der Waals surface area (Å²) < 4.78 is 0. The summed E-state index contributed by atoms with van der Waals surface area (Å²) >= 11 is 0. The standard InChI is InChI=1S/C10H24Si/c1-8-11(6,7)10(4,5)9(2)3/h9H,8H2,1-7H3. The van der Waals surface area contributed by atoms with Crippen molar-refractivity contribution in [1.29, 1.82) is 0 Å². The molecule has 0 aliphatic heterocycles. The Morgan fingerprint density at radius 1 is 1.18 bits per heavy atom. The molecule has 0 heterocycles. The molecule has 0 amide bonds. The fourth-order valence-corrected chi connectivity index (χ4v) is 3.71. The summed E-state index contributed by atoms with van der Waals surface area (Å²) in [7, 11) is -0.968. The zero-order valence-electron chi connectivity index (χ0n) is 9.28. The van der Waals surface area contributed by atoms with E-state index in [-0.39, 0.29) is 0 Å². The van der Waals surface area contributed by atoms with Gasteiger partial charge in [0.15, 0.2) is 0 Å². The van der Waals surface area contributed by atoms with Gasteiger partial charge in [0.1, 0.15) is 0 Å². The van der Waals surface area contributed by atoms with E-state index in [1.54, 1.807) is 0 Å². The lowest BCUT2D eigenvalue weighted by atomic mass is 9.99. The highest BCUT2D eigenvalue weighted by molar-refractivity contribution is 6.80. The molecular weight excluding hydrogens is 148 g/mol. The molecule has 0 spiro atoms. The van der Waals surface area contributed by atoms with E-state index in [1.807, 2.05) is 0 Å². The summed E-state index contributed by atoms with van der Waals surface area (Å²) in [4.78, 5) is 0. The zero-order valence-corrected chi connectivity index (χ0v) is 10.3. The Balaban J connectivity index is 4.53. The van der Waals surface area contributed by atoms with Crippen molar-refractivity contribution in [2.24, 2.45) is 5.92 Å². The largest absolute Gasteiger partial charge is 0.0690 e. The zero-order chi connectivity index (χ0) is 9.28. The highest BCUT2D eigenvalue weighted by Gasteiger charge is 2.39. The van der Waals surface area contributed by atoms with Crippen LogP contribution in [0.25, 0.3) is 0 Å². The summed E-state index contributed by atoms with van der Waals surface area (Å²) in [5.74, 6) is 0.823. The molecule has 11 heavy (non-hydrogen) atoms. The van der Waals surface area contributed by atoms with Crippen LogP contribution in [0.15, 0.2) is 0 Å². The van der Waals surface area contributed by atoms with Gasteiger partial charge in [0, 0.05) is 0 Å². The Labute approximate surface area is 73.4 Å². The van der Waals surface area contributed by atoms with Gasteiger partial charge in [-0.1, -0.05) is 53.8 Å². The molecule has 0 aromatic carbocycles. The van der Waals surface area contributed by atoms with Crippen LogP contribution in [0.3, 0.4) is 0 Å². The summed E-state index contributed by atoms with van der Waals surface area (Å²) in [6.45, 7) is 16.9. The molecule has 0 saturated heterocycles. The molecule has 0 aliphatic carbocycles. The molecule has 0 atom stereocenters. The maximum absolute atomic E-state index is 2.51. The molecule has 0 saturated carbocycles. The third kappa shape index (κ3) is 2.08. The van der Waals surface area contributed by atoms with Crippen molar-refractivity contribution in [1.82, 2.24) is 0 Å². The molecule has 0 nitrogen and oxygen atoms in total. The molecular formula is C10H24Si. The molecule has 0 unspecified atom stereocenters. The quantitative estimate of drug-likeness (QED) is 0.561. The SMILES string of the molecule is CC[Si](C)(C)C(C)(C)C(C)C. The molecule has 68 valence electrons. The first-order chi connectivity index (χ1) is 4.75. The van der Waals surface area contributed by atoms with Crippen LogP contribution in [0, 0.1) is 5.92 Å². The van der Waals surface area contributed by atoms with Crippen molar-refractivity contribution >= 4 is 8.07 Å². The van der Waals surface area contributed by atoms with E-state index in [0.29, 0.717) is 5.04 Å². The van der Waals surface area contributed by atoms with E-state index in [4.69, 9.17) is 0 Å². The third-order valence-corrected chi connectivity index (χ3v) is 9.91. The molecule has 0 aliphatic rings. The average molecular weight is 172 g/mol. The molecule has 1 heteroatoms. The molecule has 0 N–H and O–H groups in total. The molecule has 0 fully saturated rings. The highest BCUT2D eigenvalue weighted by Crippen LogP contribution is 2.45. The van der Waals surface area contributed by atoms with Gasteiger partial charge in [-0.2, -0.15) is 0 Å². The Hall–Kier alpha value is 0.217. The lowest BCUT2D eigenvalue weighted by molar-refractivity contribution is 0.457. The number of hydrogen-bond acceptors (Lipinski definition) is 0. The van der Waals surface area contributed by atoms with Crippen molar-refractivity contribution < 1.29 is 0 Å². The van der Waals surface area contributed by atoms with Crippen LogP contribution in [0.2, 0.25) is 24.2 Å². The van der Waals surface area contributed by atoms with E-state index in [1.165, 1.54) is 6.04 Å². The van der Waals surface area contributed by atoms with Crippen LogP contribution in [-0.2, 0) is 0 Å². The summed E-state index contributed by atoms with van der Waals surface area (Å²) in [5, 5.41) is 0.585. The topological polar surface area (TPSA) is 0 Å². The third-order valence-electron chi connectivity index (χ3n) is 4.07. The smallest absolute Gasteiger partial charge is 0.0530 e. The summed E-state index contributed by atoms with van der Waals surface area (Å²) in [5.41, 5.74) is 0. The number of hydrogen-bond donors (Lipinski definition) is 0. The highest BCUT2D eigenvalue weighted by atomic mass is 28.3. The second-order valence-electron chi connectivity index (χ2n) is 5.11. The molecule has 0 rings (SSSR count). The fraction of sp³-hybridized carbons (Fsp3) is 1.00. The van der Waals surface area contributed by atoms with E-state index in [2.05, 4.69) is 47.7 Å².